The molecule has 1 aromatic heterocycles. The molecule has 2 rings (SSSR count). The number of aryl methyl sites for hydroxylation is 3. The van der Waals surface area contributed by atoms with Crippen LogP contribution in [0.2, 0.25) is 5.15 Å². The average Bonchev–Trinajstić information content (AvgIpc) is 2.50. The third kappa shape index (κ3) is 2.73. The van der Waals surface area contributed by atoms with Gasteiger partial charge in [0.2, 0.25) is 0 Å². The van der Waals surface area contributed by atoms with E-state index in [0.717, 1.165) is 0 Å². The fraction of sp³-hybridized carbons (Fsp3) is 0.250. The second-order valence-electron chi connectivity index (χ2n) is 4.37. The Morgan fingerprint density at radius 1 is 1.30 bits per heavy atom. The van der Waals surface area contributed by atoms with Crippen molar-refractivity contribution < 1.29 is 17.7 Å². The van der Waals surface area contributed by atoms with Crippen LogP contribution in [0.4, 0.5) is 0 Å². The van der Waals surface area contributed by atoms with Crippen LogP contribution in [0.1, 0.15) is 11.3 Å². The zero-order chi connectivity index (χ0) is 15.1. The highest BCUT2D eigenvalue weighted by Gasteiger charge is 2.27. The van der Waals surface area contributed by atoms with Gasteiger partial charge in [0.25, 0.3) is 0 Å². The molecule has 2 aromatic rings. The first-order valence-electron chi connectivity index (χ1n) is 5.65. The molecule has 6 nitrogen and oxygen atoms in total. The summed E-state index contributed by atoms with van der Waals surface area (Å²) in [5.41, 5.74) is 0.915. The van der Waals surface area contributed by atoms with Gasteiger partial charge in [0.15, 0.2) is 4.90 Å². The zero-order valence-electron chi connectivity index (χ0n) is 11.1. The molecule has 108 valence electrons. The number of aromatic hydroxyl groups is 1. The summed E-state index contributed by atoms with van der Waals surface area (Å²) < 4.78 is 30.7. The largest absolute Gasteiger partial charge is 0.508 e. The lowest BCUT2D eigenvalue weighted by molar-refractivity contribution is 0.462. The average molecular weight is 317 g/mol. The summed E-state index contributed by atoms with van der Waals surface area (Å²) in [4.78, 5) is -0.178. The van der Waals surface area contributed by atoms with E-state index in [1.807, 2.05) is 0 Å². The van der Waals surface area contributed by atoms with E-state index < -0.39 is 10.1 Å². The van der Waals surface area contributed by atoms with Gasteiger partial charge in [-0.25, -0.2) is 0 Å². The Morgan fingerprint density at radius 2 is 1.95 bits per heavy atom. The Bertz CT molecular complexity index is 748. The fourth-order valence-corrected chi connectivity index (χ4v) is 3.47. The smallest absolute Gasteiger partial charge is 0.344 e. The van der Waals surface area contributed by atoms with E-state index in [-0.39, 0.29) is 27.2 Å². The van der Waals surface area contributed by atoms with Gasteiger partial charge in [-0.2, -0.15) is 13.5 Å². The lowest BCUT2D eigenvalue weighted by Crippen LogP contribution is -2.11. The molecular weight excluding hydrogens is 304 g/mol. The van der Waals surface area contributed by atoms with Crippen molar-refractivity contribution in [2.45, 2.75) is 18.7 Å². The maximum atomic E-state index is 12.2. The van der Waals surface area contributed by atoms with Gasteiger partial charge in [0.1, 0.15) is 16.7 Å². The minimum Gasteiger partial charge on any atom is -0.508 e. The van der Waals surface area contributed by atoms with Crippen molar-refractivity contribution >= 4 is 21.7 Å². The Morgan fingerprint density at radius 3 is 2.45 bits per heavy atom. The molecule has 0 aliphatic heterocycles. The van der Waals surface area contributed by atoms with E-state index in [9.17, 15) is 13.5 Å². The third-order valence-electron chi connectivity index (χ3n) is 2.59. The van der Waals surface area contributed by atoms with Crippen molar-refractivity contribution in [2.75, 3.05) is 0 Å². The van der Waals surface area contributed by atoms with Crippen molar-refractivity contribution in [3.63, 3.8) is 0 Å². The number of halogens is 1. The molecule has 0 bridgehead atoms. The standard InChI is InChI=1S/C12H13ClN2O4S/c1-7-4-9(16)6-10(5-7)19-20(17,18)11-8(2)14-15(3)12(11)13/h4-6,16H,1-3H3. The lowest BCUT2D eigenvalue weighted by atomic mass is 10.2. The summed E-state index contributed by atoms with van der Waals surface area (Å²) in [6, 6.07) is 4.20. The summed E-state index contributed by atoms with van der Waals surface area (Å²) in [5.74, 6) is -0.0639. The molecule has 1 N–H and O–H groups in total. The number of hydrogen-bond acceptors (Lipinski definition) is 5. The third-order valence-corrected chi connectivity index (χ3v) is 4.54. The van der Waals surface area contributed by atoms with Crippen molar-refractivity contribution in [3.05, 3.63) is 34.6 Å². The highest BCUT2D eigenvalue weighted by atomic mass is 35.5. The van der Waals surface area contributed by atoms with E-state index in [1.54, 1.807) is 6.92 Å². The molecule has 0 radical (unpaired) electrons. The molecule has 0 atom stereocenters. The number of nitrogens with zero attached hydrogens (tertiary/aromatic N) is 2. The first-order chi connectivity index (χ1) is 9.20. The lowest BCUT2D eigenvalue weighted by Gasteiger charge is -2.08. The van der Waals surface area contributed by atoms with Gasteiger partial charge in [-0.1, -0.05) is 11.6 Å². The van der Waals surface area contributed by atoms with Gasteiger partial charge in [-0.15, -0.1) is 0 Å². The number of benzene rings is 1. The maximum Gasteiger partial charge on any atom is 0.344 e. The predicted octanol–water partition coefficient (Wildman–Crippen LogP) is 2.16. The minimum atomic E-state index is -4.11. The van der Waals surface area contributed by atoms with E-state index in [1.165, 1.54) is 36.9 Å². The Hall–Kier alpha value is -1.73. The number of rotatable bonds is 3. The van der Waals surface area contributed by atoms with Gasteiger partial charge >= 0.3 is 10.1 Å². The highest BCUT2D eigenvalue weighted by Crippen LogP contribution is 2.29. The maximum absolute atomic E-state index is 12.2. The number of aromatic nitrogens is 2. The Kier molecular flexibility index (Phi) is 3.66. The molecule has 0 amide bonds. The van der Waals surface area contributed by atoms with Crippen LogP contribution in [-0.2, 0) is 17.2 Å². The second-order valence-corrected chi connectivity index (χ2v) is 6.21. The molecule has 0 unspecified atom stereocenters. The van der Waals surface area contributed by atoms with E-state index in [4.69, 9.17) is 15.8 Å². The van der Waals surface area contributed by atoms with Gasteiger partial charge in [0, 0.05) is 13.1 Å². The predicted molar refractivity (Wildman–Crippen MR) is 73.6 cm³/mol. The molecule has 0 aliphatic rings. The number of hydrogen-bond donors (Lipinski definition) is 1. The molecule has 0 saturated carbocycles. The summed E-state index contributed by atoms with van der Waals surface area (Å²) in [7, 11) is -2.58. The van der Waals surface area contributed by atoms with Gasteiger partial charge in [-0.3, -0.25) is 4.68 Å². The molecule has 1 heterocycles. The molecular formula is C12H13ClN2O4S. The molecule has 0 spiro atoms. The summed E-state index contributed by atoms with van der Waals surface area (Å²) in [6.07, 6.45) is 0. The van der Waals surface area contributed by atoms with Crippen LogP contribution >= 0.6 is 11.6 Å². The van der Waals surface area contributed by atoms with Gasteiger partial charge < -0.3 is 9.29 Å². The van der Waals surface area contributed by atoms with Crippen LogP contribution in [0.5, 0.6) is 11.5 Å². The van der Waals surface area contributed by atoms with Crippen LogP contribution in [0, 0.1) is 13.8 Å². The molecule has 20 heavy (non-hydrogen) atoms. The van der Waals surface area contributed by atoms with Gasteiger partial charge in [0.05, 0.1) is 5.69 Å². The topological polar surface area (TPSA) is 81.4 Å². The summed E-state index contributed by atoms with van der Waals surface area (Å²) in [5, 5.41) is 13.4. The Labute approximate surface area is 121 Å². The molecule has 0 saturated heterocycles. The first kappa shape index (κ1) is 14.7. The van der Waals surface area contributed by atoms with Crippen molar-refractivity contribution in [1.82, 2.24) is 9.78 Å². The normalized spacial score (nSPS) is 11.6. The molecule has 0 aliphatic carbocycles. The first-order valence-corrected chi connectivity index (χ1v) is 7.43. The van der Waals surface area contributed by atoms with Gasteiger partial charge in [-0.05, 0) is 31.5 Å². The zero-order valence-corrected chi connectivity index (χ0v) is 12.7. The molecule has 0 fully saturated rings. The summed E-state index contributed by atoms with van der Waals surface area (Å²) >= 11 is 5.92. The van der Waals surface area contributed by atoms with Crippen molar-refractivity contribution in [2.24, 2.45) is 7.05 Å². The van der Waals surface area contributed by atoms with Crippen LogP contribution in [0.3, 0.4) is 0 Å². The SMILES string of the molecule is Cc1cc(O)cc(OS(=O)(=O)c2c(C)nn(C)c2Cl)c1. The van der Waals surface area contributed by atoms with E-state index >= 15 is 0 Å². The number of phenolic OH excluding ortho intramolecular Hbond substituents is 1. The van der Waals surface area contributed by atoms with Crippen LogP contribution in [0.25, 0.3) is 0 Å². The Balaban J connectivity index is 2.46. The molecule has 1 aromatic carbocycles. The second kappa shape index (κ2) is 4.99. The number of phenols is 1. The van der Waals surface area contributed by atoms with Crippen LogP contribution in [0.15, 0.2) is 23.1 Å². The molecule has 8 heteroatoms. The monoisotopic (exact) mass is 316 g/mol. The van der Waals surface area contributed by atoms with Crippen LogP contribution in [-0.4, -0.2) is 23.3 Å². The van der Waals surface area contributed by atoms with E-state index in [0.29, 0.717) is 5.56 Å². The minimum absolute atomic E-state index is 0.0156. The fourth-order valence-electron chi connectivity index (χ4n) is 1.84. The van der Waals surface area contributed by atoms with Crippen molar-refractivity contribution in [3.8, 4) is 11.5 Å². The quantitative estimate of drug-likeness (QED) is 0.878. The van der Waals surface area contributed by atoms with E-state index in [2.05, 4.69) is 5.10 Å². The van der Waals surface area contributed by atoms with Crippen molar-refractivity contribution in [1.29, 1.82) is 0 Å². The van der Waals surface area contributed by atoms with Crippen LogP contribution < -0.4 is 4.18 Å². The highest BCUT2D eigenvalue weighted by molar-refractivity contribution is 7.87. The summed E-state index contributed by atoms with van der Waals surface area (Å²) in [6.45, 7) is 3.23.